The molecule has 1 aromatic carbocycles. The van der Waals surface area contributed by atoms with Crippen LogP contribution < -0.4 is 9.47 Å². The molecule has 1 rings (SSSR count). The first-order chi connectivity index (χ1) is 8.37. The van der Waals surface area contributed by atoms with Gasteiger partial charge >= 0.3 is 0 Å². The summed E-state index contributed by atoms with van der Waals surface area (Å²) in [7, 11) is 3.16. The monoisotopic (exact) mass is 254 g/mol. The van der Waals surface area contributed by atoms with E-state index in [4.69, 9.17) is 14.2 Å². The van der Waals surface area contributed by atoms with Gasteiger partial charge in [-0.25, -0.2) is 0 Å². The number of methoxy groups -OCH3 is 2. The average molecular weight is 254 g/mol. The lowest BCUT2D eigenvalue weighted by Gasteiger charge is -2.23. The Labute approximate surface area is 108 Å². The largest absolute Gasteiger partial charge is 0.497 e. The summed E-state index contributed by atoms with van der Waals surface area (Å²) in [6.07, 6.45) is -0.718. The molecule has 1 N–H and O–H groups in total. The van der Waals surface area contributed by atoms with Gasteiger partial charge in [0.25, 0.3) is 0 Å². The van der Waals surface area contributed by atoms with Crippen molar-refractivity contribution in [2.75, 3.05) is 20.8 Å². The van der Waals surface area contributed by atoms with E-state index in [1.54, 1.807) is 32.4 Å². The lowest BCUT2D eigenvalue weighted by Crippen LogP contribution is -2.23. The second-order valence-corrected chi connectivity index (χ2v) is 5.05. The second-order valence-electron chi connectivity index (χ2n) is 5.05. The van der Waals surface area contributed by atoms with Crippen LogP contribution in [0.4, 0.5) is 0 Å². The number of hydrogen-bond donors (Lipinski definition) is 1. The maximum absolute atomic E-state index is 10.1. The van der Waals surface area contributed by atoms with E-state index in [2.05, 4.69) is 0 Å². The van der Waals surface area contributed by atoms with Gasteiger partial charge in [-0.2, -0.15) is 0 Å². The first kappa shape index (κ1) is 14.8. The zero-order valence-electron chi connectivity index (χ0n) is 11.7. The predicted octanol–water partition coefficient (Wildman–Crippen LogP) is 2.55. The number of ether oxygens (including phenoxy) is 3. The average Bonchev–Trinajstić information content (AvgIpc) is 2.34. The van der Waals surface area contributed by atoms with Crippen molar-refractivity contribution in [2.45, 2.75) is 32.5 Å². The number of hydrogen-bond acceptors (Lipinski definition) is 4. The van der Waals surface area contributed by atoms with Crippen molar-refractivity contribution in [2.24, 2.45) is 0 Å². The molecule has 0 aliphatic rings. The van der Waals surface area contributed by atoms with Crippen LogP contribution in [0.2, 0.25) is 0 Å². The zero-order valence-corrected chi connectivity index (χ0v) is 11.7. The fourth-order valence-electron chi connectivity index (χ4n) is 1.51. The van der Waals surface area contributed by atoms with Gasteiger partial charge in [0.15, 0.2) is 0 Å². The minimum atomic E-state index is -0.718. The van der Waals surface area contributed by atoms with Gasteiger partial charge in [0.1, 0.15) is 17.6 Å². The number of aliphatic hydroxyl groups is 1. The molecule has 0 amide bonds. The Balaban J connectivity index is 2.81. The van der Waals surface area contributed by atoms with Crippen molar-refractivity contribution < 1.29 is 19.3 Å². The first-order valence-corrected chi connectivity index (χ1v) is 5.91. The third kappa shape index (κ3) is 4.20. The normalized spacial score (nSPS) is 13.2. The van der Waals surface area contributed by atoms with Crippen LogP contribution in [-0.4, -0.2) is 31.5 Å². The number of aliphatic hydroxyl groups excluding tert-OH is 1. The van der Waals surface area contributed by atoms with E-state index in [1.807, 2.05) is 20.8 Å². The molecule has 1 atom stereocenters. The van der Waals surface area contributed by atoms with Crippen LogP contribution in [0, 0.1) is 0 Å². The molecule has 18 heavy (non-hydrogen) atoms. The third-order valence-electron chi connectivity index (χ3n) is 2.47. The van der Waals surface area contributed by atoms with Gasteiger partial charge in [-0.3, -0.25) is 0 Å². The van der Waals surface area contributed by atoms with E-state index < -0.39 is 6.10 Å². The topological polar surface area (TPSA) is 47.9 Å². The van der Waals surface area contributed by atoms with Crippen LogP contribution >= 0.6 is 0 Å². The quantitative estimate of drug-likeness (QED) is 0.877. The highest BCUT2D eigenvalue weighted by Gasteiger charge is 2.18. The molecule has 4 heteroatoms. The first-order valence-electron chi connectivity index (χ1n) is 5.91. The van der Waals surface area contributed by atoms with Gasteiger partial charge < -0.3 is 19.3 Å². The summed E-state index contributed by atoms with van der Waals surface area (Å²) >= 11 is 0. The van der Waals surface area contributed by atoms with E-state index in [-0.39, 0.29) is 12.2 Å². The molecule has 0 spiro atoms. The summed E-state index contributed by atoms with van der Waals surface area (Å²) in [5.74, 6) is 1.29. The van der Waals surface area contributed by atoms with Crippen LogP contribution in [-0.2, 0) is 4.74 Å². The highest BCUT2D eigenvalue weighted by Crippen LogP contribution is 2.30. The van der Waals surface area contributed by atoms with Gasteiger partial charge in [-0.05, 0) is 32.9 Å². The molecule has 0 heterocycles. The Kier molecular flexibility index (Phi) is 4.99. The Hall–Kier alpha value is -1.26. The minimum absolute atomic E-state index is 0.228. The van der Waals surface area contributed by atoms with Gasteiger partial charge in [-0.15, -0.1) is 0 Å². The molecule has 0 saturated carbocycles. The van der Waals surface area contributed by atoms with Crippen LogP contribution in [0.5, 0.6) is 11.5 Å². The summed E-state index contributed by atoms with van der Waals surface area (Å²) in [6, 6.07) is 5.32. The summed E-state index contributed by atoms with van der Waals surface area (Å²) in [5, 5.41) is 10.1. The fraction of sp³-hybridized carbons (Fsp3) is 0.571. The second kappa shape index (κ2) is 6.07. The van der Waals surface area contributed by atoms with E-state index in [0.717, 1.165) is 0 Å². The Morgan fingerprint density at radius 1 is 1.17 bits per heavy atom. The van der Waals surface area contributed by atoms with E-state index in [1.165, 1.54) is 0 Å². The summed E-state index contributed by atoms with van der Waals surface area (Å²) in [5.41, 5.74) is 0.420. The van der Waals surface area contributed by atoms with Crippen molar-refractivity contribution in [3.8, 4) is 11.5 Å². The smallest absolute Gasteiger partial charge is 0.128 e. The third-order valence-corrected chi connectivity index (χ3v) is 2.47. The van der Waals surface area contributed by atoms with Crippen LogP contribution in [0.3, 0.4) is 0 Å². The molecule has 0 aliphatic carbocycles. The fourth-order valence-corrected chi connectivity index (χ4v) is 1.51. The lowest BCUT2D eigenvalue weighted by molar-refractivity contribution is -0.0501. The number of benzene rings is 1. The Morgan fingerprint density at radius 2 is 1.83 bits per heavy atom. The molecule has 102 valence electrons. The van der Waals surface area contributed by atoms with Crippen molar-refractivity contribution in [1.82, 2.24) is 0 Å². The van der Waals surface area contributed by atoms with Gasteiger partial charge in [0, 0.05) is 11.6 Å². The van der Waals surface area contributed by atoms with E-state index in [9.17, 15) is 5.11 Å². The van der Waals surface area contributed by atoms with Crippen molar-refractivity contribution >= 4 is 0 Å². The highest BCUT2D eigenvalue weighted by atomic mass is 16.5. The maximum atomic E-state index is 10.1. The van der Waals surface area contributed by atoms with Crippen LogP contribution in [0.25, 0.3) is 0 Å². The summed E-state index contributed by atoms with van der Waals surface area (Å²) < 4.78 is 15.9. The Bertz CT molecular complexity index is 382. The van der Waals surface area contributed by atoms with Crippen LogP contribution in [0.1, 0.15) is 32.4 Å². The maximum Gasteiger partial charge on any atom is 0.128 e. The molecular weight excluding hydrogens is 232 g/mol. The zero-order chi connectivity index (χ0) is 13.8. The molecule has 0 aromatic heterocycles. The molecule has 0 radical (unpaired) electrons. The summed E-state index contributed by atoms with van der Waals surface area (Å²) in [4.78, 5) is 0. The van der Waals surface area contributed by atoms with E-state index >= 15 is 0 Å². The van der Waals surface area contributed by atoms with Gasteiger partial charge in [-0.1, -0.05) is 0 Å². The molecule has 4 nitrogen and oxygen atoms in total. The van der Waals surface area contributed by atoms with Gasteiger partial charge in [0.2, 0.25) is 0 Å². The predicted molar refractivity (Wildman–Crippen MR) is 70.2 cm³/mol. The summed E-state index contributed by atoms with van der Waals surface area (Å²) in [6.45, 7) is 6.08. The van der Waals surface area contributed by atoms with Gasteiger partial charge in [0.05, 0.1) is 26.4 Å². The number of rotatable bonds is 5. The molecule has 1 aromatic rings. The lowest BCUT2D eigenvalue weighted by atomic mass is 10.1. The molecule has 1 unspecified atom stereocenters. The van der Waals surface area contributed by atoms with E-state index in [0.29, 0.717) is 17.1 Å². The molecular formula is C14H22O4. The molecule has 0 bridgehead atoms. The van der Waals surface area contributed by atoms with Crippen LogP contribution in [0.15, 0.2) is 18.2 Å². The molecule has 0 saturated heterocycles. The van der Waals surface area contributed by atoms with Crippen molar-refractivity contribution in [1.29, 1.82) is 0 Å². The Morgan fingerprint density at radius 3 is 2.33 bits per heavy atom. The van der Waals surface area contributed by atoms with Crippen molar-refractivity contribution in [3.63, 3.8) is 0 Å². The molecule has 0 fully saturated rings. The van der Waals surface area contributed by atoms with Crippen molar-refractivity contribution in [3.05, 3.63) is 23.8 Å². The SMILES string of the molecule is COc1ccc(C(O)COC(C)(C)C)c(OC)c1. The standard InChI is InChI=1S/C14H22O4/c1-14(2,3)18-9-12(15)11-7-6-10(16-4)8-13(11)17-5/h6-8,12,15H,9H2,1-5H3. The molecule has 0 aliphatic heterocycles. The minimum Gasteiger partial charge on any atom is -0.497 e. The highest BCUT2D eigenvalue weighted by molar-refractivity contribution is 5.41.